The van der Waals surface area contributed by atoms with Crippen molar-refractivity contribution >= 4 is 40.5 Å². The highest BCUT2D eigenvalue weighted by atomic mass is 35.5. The van der Waals surface area contributed by atoms with Gasteiger partial charge in [0, 0.05) is 50.2 Å². The molecule has 1 atom stereocenters. The number of benzene rings is 2. The molecule has 2 amide bonds. The number of anilines is 3. The van der Waals surface area contributed by atoms with Gasteiger partial charge in [0.15, 0.2) is 0 Å². The summed E-state index contributed by atoms with van der Waals surface area (Å²) < 4.78 is 27.4. The second kappa shape index (κ2) is 9.42. The summed E-state index contributed by atoms with van der Waals surface area (Å²) in [6.45, 7) is 6.68. The van der Waals surface area contributed by atoms with Crippen LogP contribution in [0.15, 0.2) is 36.4 Å². The molecule has 4 rings (SSSR count). The lowest BCUT2D eigenvalue weighted by Crippen LogP contribution is -2.46. The maximum absolute atomic E-state index is 14.1. The smallest absolute Gasteiger partial charge is 0.229 e. The van der Waals surface area contributed by atoms with Gasteiger partial charge in [-0.15, -0.1) is 0 Å². The van der Waals surface area contributed by atoms with Crippen molar-refractivity contribution in [1.82, 2.24) is 4.90 Å². The van der Waals surface area contributed by atoms with E-state index in [-0.39, 0.29) is 30.5 Å². The Kier molecular flexibility index (Phi) is 6.62. The molecule has 32 heavy (non-hydrogen) atoms. The molecule has 1 N–H and O–H groups in total. The fourth-order valence-corrected chi connectivity index (χ4v) is 4.41. The summed E-state index contributed by atoms with van der Waals surface area (Å²) in [5.74, 6) is -2.92. The molecule has 2 aromatic carbocycles. The summed E-state index contributed by atoms with van der Waals surface area (Å²) >= 11 is 6.19. The van der Waals surface area contributed by atoms with E-state index in [0.717, 1.165) is 50.5 Å². The quantitative estimate of drug-likeness (QED) is 0.735. The van der Waals surface area contributed by atoms with Gasteiger partial charge in [0.1, 0.15) is 11.6 Å². The molecule has 9 heteroatoms. The number of carbonyl (C=O) groups excluding carboxylic acids is 2. The molecular weight excluding hydrogens is 438 g/mol. The first kappa shape index (κ1) is 22.5. The van der Waals surface area contributed by atoms with Crippen LogP contribution in [0.2, 0.25) is 5.02 Å². The van der Waals surface area contributed by atoms with Crippen LogP contribution in [-0.4, -0.2) is 56.0 Å². The molecule has 0 radical (unpaired) electrons. The van der Waals surface area contributed by atoms with Gasteiger partial charge in [-0.05, 0) is 36.9 Å². The summed E-state index contributed by atoms with van der Waals surface area (Å²) in [6.07, 6.45) is -0.0479. The summed E-state index contributed by atoms with van der Waals surface area (Å²) in [4.78, 5) is 31.2. The van der Waals surface area contributed by atoms with E-state index >= 15 is 0 Å². The first-order valence-corrected chi connectivity index (χ1v) is 11.1. The zero-order valence-corrected chi connectivity index (χ0v) is 18.5. The van der Waals surface area contributed by atoms with Crippen LogP contribution in [0, 0.1) is 17.6 Å². The number of nitrogens with zero attached hydrogens (tertiary/aromatic N) is 3. The average molecular weight is 463 g/mol. The normalized spacial score (nSPS) is 19.5. The van der Waals surface area contributed by atoms with Crippen LogP contribution in [0.3, 0.4) is 0 Å². The van der Waals surface area contributed by atoms with E-state index in [4.69, 9.17) is 11.6 Å². The van der Waals surface area contributed by atoms with Crippen LogP contribution < -0.4 is 15.1 Å². The molecular formula is C23H25ClF2N4O2. The number of amides is 2. The Bertz CT molecular complexity index is 1030. The third-order valence-corrected chi connectivity index (χ3v) is 6.31. The highest BCUT2D eigenvalue weighted by Crippen LogP contribution is 2.32. The van der Waals surface area contributed by atoms with Crippen molar-refractivity contribution < 1.29 is 18.4 Å². The van der Waals surface area contributed by atoms with Crippen molar-refractivity contribution in [3.05, 3.63) is 53.1 Å². The molecule has 170 valence electrons. The Morgan fingerprint density at radius 1 is 1.09 bits per heavy atom. The maximum atomic E-state index is 14.1. The number of hydrogen-bond acceptors (Lipinski definition) is 4. The molecule has 0 aliphatic carbocycles. The van der Waals surface area contributed by atoms with E-state index in [1.54, 1.807) is 12.1 Å². The van der Waals surface area contributed by atoms with Crippen molar-refractivity contribution in [2.24, 2.45) is 5.92 Å². The van der Waals surface area contributed by atoms with Crippen LogP contribution in [0.4, 0.5) is 25.8 Å². The zero-order valence-electron chi connectivity index (χ0n) is 17.8. The van der Waals surface area contributed by atoms with E-state index in [1.807, 2.05) is 6.07 Å². The van der Waals surface area contributed by atoms with E-state index in [9.17, 15) is 18.4 Å². The van der Waals surface area contributed by atoms with Gasteiger partial charge in [-0.3, -0.25) is 9.59 Å². The van der Waals surface area contributed by atoms with Gasteiger partial charge >= 0.3 is 0 Å². The molecule has 0 spiro atoms. The van der Waals surface area contributed by atoms with Crippen molar-refractivity contribution in [1.29, 1.82) is 0 Å². The maximum Gasteiger partial charge on any atom is 0.229 e. The molecule has 2 saturated heterocycles. The number of halogens is 3. The van der Waals surface area contributed by atoms with Crippen LogP contribution >= 0.6 is 11.6 Å². The second-order valence-electron chi connectivity index (χ2n) is 8.07. The molecule has 2 heterocycles. The number of hydrogen-bond donors (Lipinski definition) is 1. The predicted octanol–water partition coefficient (Wildman–Crippen LogP) is 3.75. The van der Waals surface area contributed by atoms with Crippen molar-refractivity contribution in [2.45, 2.75) is 13.3 Å². The lowest BCUT2D eigenvalue weighted by molar-refractivity contribution is -0.122. The molecule has 2 aliphatic rings. The minimum absolute atomic E-state index is 0.0241. The predicted molar refractivity (Wildman–Crippen MR) is 121 cm³/mol. The third kappa shape index (κ3) is 4.71. The SMILES string of the molecule is CCN1CCN(c2ccc(Cl)cc2NC(=O)C2CC(=O)N(c3ccc(F)cc3F)C2)CC1. The molecule has 1 unspecified atom stereocenters. The lowest BCUT2D eigenvalue weighted by atomic mass is 10.1. The van der Waals surface area contributed by atoms with Crippen LogP contribution in [0.1, 0.15) is 13.3 Å². The van der Waals surface area contributed by atoms with Gasteiger partial charge in [0.25, 0.3) is 0 Å². The zero-order chi connectivity index (χ0) is 22.8. The number of rotatable bonds is 5. The topological polar surface area (TPSA) is 55.9 Å². The fourth-order valence-electron chi connectivity index (χ4n) is 4.24. The van der Waals surface area contributed by atoms with Gasteiger partial charge < -0.3 is 20.0 Å². The number of nitrogens with one attached hydrogen (secondary N) is 1. The Balaban J connectivity index is 1.48. The van der Waals surface area contributed by atoms with Gasteiger partial charge in [-0.2, -0.15) is 0 Å². The summed E-state index contributed by atoms with van der Waals surface area (Å²) in [7, 11) is 0. The van der Waals surface area contributed by atoms with Gasteiger partial charge in [-0.1, -0.05) is 18.5 Å². The molecule has 0 saturated carbocycles. The summed E-state index contributed by atoms with van der Waals surface area (Å²) in [6, 6.07) is 8.42. The van der Waals surface area contributed by atoms with Gasteiger partial charge in [0.2, 0.25) is 11.8 Å². The van der Waals surface area contributed by atoms with Crippen molar-refractivity contribution in [3.8, 4) is 0 Å². The first-order valence-electron chi connectivity index (χ1n) is 10.7. The van der Waals surface area contributed by atoms with Crippen molar-refractivity contribution in [3.63, 3.8) is 0 Å². The van der Waals surface area contributed by atoms with Gasteiger partial charge in [-0.25, -0.2) is 8.78 Å². The highest BCUT2D eigenvalue weighted by molar-refractivity contribution is 6.31. The molecule has 2 aromatic rings. The third-order valence-electron chi connectivity index (χ3n) is 6.07. The molecule has 0 aromatic heterocycles. The van der Waals surface area contributed by atoms with E-state index in [2.05, 4.69) is 22.0 Å². The average Bonchev–Trinajstić information content (AvgIpc) is 3.15. The number of likely N-dealkylation sites (N-methyl/N-ethyl adjacent to an activating group) is 1. The Labute approximate surface area is 190 Å². The minimum Gasteiger partial charge on any atom is -0.367 e. The van der Waals surface area contributed by atoms with Crippen molar-refractivity contribution in [2.75, 3.05) is 54.4 Å². The largest absolute Gasteiger partial charge is 0.367 e. The number of carbonyl (C=O) groups is 2. The lowest BCUT2D eigenvalue weighted by Gasteiger charge is -2.36. The Hall–Kier alpha value is -2.71. The standard InChI is InChI=1S/C23H25ClF2N4O2/c1-2-28-7-9-29(10-8-28)21-5-3-16(24)12-19(21)27-23(32)15-11-22(31)30(14-15)20-6-4-17(25)13-18(20)26/h3-6,12-13,15H,2,7-11,14H2,1H3,(H,27,32). The minimum atomic E-state index is -0.831. The van der Waals surface area contributed by atoms with E-state index in [1.165, 1.54) is 11.0 Å². The van der Waals surface area contributed by atoms with Crippen LogP contribution in [-0.2, 0) is 9.59 Å². The highest BCUT2D eigenvalue weighted by Gasteiger charge is 2.36. The molecule has 2 fully saturated rings. The van der Waals surface area contributed by atoms with Crippen LogP contribution in [0.25, 0.3) is 0 Å². The Morgan fingerprint density at radius 3 is 2.50 bits per heavy atom. The van der Waals surface area contributed by atoms with Gasteiger partial charge in [0.05, 0.1) is 23.0 Å². The molecule has 6 nitrogen and oxygen atoms in total. The summed E-state index contributed by atoms with van der Waals surface area (Å²) in [5, 5.41) is 3.42. The monoisotopic (exact) mass is 462 g/mol. The second-order valence-corrected chi connectivity index (χ2v) is 8.51. The first-order chi connectivity index (χ1) is 15.4. The Morgan fingerprint density at radius 2 is 1.81 bits per heavy atom. The molecule has 2 aliphatic heterocycles. The van der Waals surface area contributed by atoms with E-state index in [0.29, 0.717) is 10.7 Å². The fraction of sp³-hybridized carbons (Fsp3) is 0.391. The van der Waals surface area contributed by atoms with E-state index < -0.39 is 17.6 Å². The summed E-state index contributed by atoms with van der Waals surface area (Å²) in [5.41, 5.74) is 1.44. The number of piperazine rings is 1. The van der Waals surface area contributed by atoms with Crippen LogP contribution in [0.5, 0.6) is 0 Å². The molecule has 0 bridgehead atoms.